The molecule has 0 spiro atoms. The Hall–Kier alpha value is -5.95. The van der Waals surface area contributed by atoms with Crippen LogP contribution in [0.4, 0.5) is 17.3 Å². The van der Waals surface area contributed by atoms with Gasteiger partial charge in [0.15, 0.2) is 11.6 Å². The third kappa shape index (κ3) is 3.93. The summed E-state index contributed by atoms with van der Waals surface area (Å²) in [5, 5.41) is 7.18. The van der Waals surface area contributed by atoms with Crippen LogP contribution in [0.5, 0.6) is 0 Å². The van der Waals surface area contributed by atoms with Crippen LogP contribution in [0.1, 0.15) is 0 Å². The van der Waals surface area contributed by atoms with Crippen molar-refractivity contribution in [1.82, 2.24) is 15.0 Å². The summed E-state index contributed by atoms with van der Waals surface area (Å²) in [5.74, 6) is 1.92. The fraction of sp³-hybridized carbons (Fsp3) is 0. The van der Waals surface area contributed by atoms with Gasteiger partial charge < -0.3 is 0 Å². The van der Waals surface area contributed by atoms with Gasteiger partial charge in [0, 0.05) is 62.4 Å². The van der Waals surface area contributed by atoms with Gasteiger partial charge in [-0.15, -0.1) is 22.7 Å². The van der Waals surface area contributed by atoms with Crippen molar-refractivity contribution >= 4 is 91.1 Å². The Morgan fingerprint density at radius 1 is 0.367 bits per heavy atom. The van der Waals surface area contributed by atoms with Crippen LogP contribution in [0, 0.1) is 0 Å². The molecule has 4 nitrogen and oxygen atoms in total. The Labute approximate surface area is 289 Å². The van der Waals surface area contributed by atoms with Gasteiger partial charge in [0.1, 0.15) is 0 Å². The summed E-state index contributed by atoms with van der Waals surface area (Å²) >= 11 is 3.61. The van der Waals surface area contributed by atoms with Crippen molar-refractivity contribution in [3.8, 4) is 33.9 Å². The van der Waals surface area contributed by atoms with E-state index in [1.165, 1.54) is 56.7 Å². The van der Waals surface area contributed by atoms with Crippen LogP contribution in [-0.2, 0) is 0 Å². The highest BCUT2D eigenvalue weighted by atomic mass is 32.1. The van der Waals surface area contributed by atoms with E-state index in [0.717, 1.165) is 28.1 Å². The number of para-hydroxylation sites is 1. The molecule has 0 bridgehead atoms. The second kappa shape index (κ2) is 10.3. The molecular weight excluding hydrogens is 637 g/mol. The van der Waals surface area contributed by atoms with Crippen molar-refractivity contribution in [3.63, 3.8) is 0 Å². The maximum absolute atomic E-state index is 5.39. The minimum absolute atomic E-state index is 0.600. The highest BCUT2D eigenvalue weighted by Crippen LogP contribution is 2.51. The minimum Gasteiger partial charge on any atom is -0.278 e. The SMILES string of the molecule is c1ccc2c(c1)-c1cccc3cccc(c13)N2c1nc(-c2cccc3sc4ccccc4c23)nc(-c2cccc3sc4ccccc4c23)n1. The summed E-state index contributed by atoms with van der Waals surface area (Å²) in [6, 6.07) is 51.8. The van der Waals surface area contributed by atoms with Crippen LogP contribution in [0.25, 0.3) is 85.0 Å². The first kappa shape index (κ1) is 27.0. The van der Waals surface area contributed by atoms with Crippen LogP contribution in [-0.4, -0.2) is 15.0 Å². The number of hydrogen-bond acceptors (Lipinski definition) is 6. The number of benzene rings is 7. The monoisotopic (exact) mass is 660 g/mol. The second-order valence-electron chi connectivity index (χ2n) is 12.4. The highest BCUT2D eigenvalue weighted by Gasteiger charge is 2.29. The molecular formula is C43H24N4S2. The summed E-state index contributed by atoms with van der Waals surface area (Å²) in [6.45, 7) is 0. The second-order valence-corrected chi connectivity index (χ2v) is 14.5. The van der Waals surface area contributed by atoms with E-state index in [0.29, 0.717) is 17.6 Å². The van der Waals surface area contributed by atoms with E-state index in [9.17, 15) is 0 Å². The minimum atomic E-state index is 0.600. The van der Waals surface area contributed by atoms with Gasteiger partial charge in [0.2, 0.25) is 5.95 Å². The first-order chi connectivity index (χ1) is 24.3. The van der Waals surface area contributed by atoms with Crippen LogP contribution < -0.4 is 4.90 Å². The first-order valence-electron chi connectivity index (χ1n) is 16.3. The lowest BCUT2D eigenvalue weighted by atomic mass is 9.91. The summed E-state index contributed by atoms with van der Waals surface area (Å²) in [5.41, 5.74) is 6.51. The number of aromatic nitrogens is 3. The molecule has 1 aliphatic rings. The van der Waals surface area contributed by atoms with Gasteiger partial charge in [0.25, 0.3) is 0 Å². The maximum atomic E-state index is 5.39. The van der Waals surface area contributed by atoms with E-state index in [2.05, 4.69) is 150 Å². The quantitative estimate of drug-likeness (QED) is 0.189. The molecule has 0 amide bonds. The molecule has 228 valence electrons. The smallest absolute Gasteiger partial charge is 0.238 e. The number of fused-ring (bicyclic) bond motifs is 8. The van der Waals surface area contributed by atoms with Gasteiger partial charge in [-0.05, 0) is 47.3 Å². The summed E-state index contributed by atoms with van der Waals surface area (Å²) < 4.78 is 4.94. The van der Waals surface area contributed by atoms with Gasteiger partial charge in [-0.3, -0.25) is 4.90 Å². The van der Waals surface area contributed by atoms with Crippen LogP contribution in [0.3, 0.4) is 0 Å². The lowest BCUT2D eigenvalue weighted by Gasteiger charge is -2.32. The zero-order valence-corrected chi connectivity index (χ0v) is 27.6. The van der Waals surface area contributed by atoms with Crippen molar-refractivity contribution in [1.29, 1.82) is 0 Å². The topological polar surface area (TPSA) is 41.9 Å². The third-order valence-electron chi connectivity index (χ3n) is 9.67. The average molecular weight is 661 g/mol. The molecule has 3 aromatic heterocycles. The lowest BCUT2D eigenvalue weighted by molar-refractivity contribution is 1.03. The number of thiophene rings is 2. The molecule has 0 fully saturated rings. The van der Waals surface area contributed by atoms with E-state index in [1.54, 1.807) is 0 Å². The molecule has 7 aromatic carbocycles. The molecule has 49 heavy (non-hydrogen) atoms. The van der Waals surface area contributed by atoms with Gasteiger partial charge in [-0.2, -0.15) is 9.97 Å². The molecule has 0 aliphatic carbocycles. The molecule has 0 saturated heterocycles. The van der Waals surface area contributed by atoms with E-state index in [1.807, 2.05) is 22.7 Å². The van der Waals surface area contributed by atoms with E-state index in [4.69, 9.17) is 15.0 Å². The predicted octanol–water partition coefficient (Wildman–Crippen LogP) is 12.5. The molecule has 1 aliphatic heterocycles. The third-order valence-corrected chi connectivity index (χ3v) is 11.9. The molecule has 0 radical (unpaired) electrons. The standard InChI is InChI=1S/C43H24N4S2/c1-4-19-32-26(13-1)27-16-7-11-25-12-8-20-33(38(25)27)47(32)43-45-41(30-17-9-23-36-39(30)28-14-2-5-21-34(28)48-36)44-42(46-43)31-18-10-24-37-40(31)29-15-3-6-22-35(29)49-37/h1-24H. The van der Waals surface area contributed by atoms with Crippen LogP contribution in [0.2, 0.25) is 0 Å². The molecule has 11 rings (SSSR count). The Morgan fingerprint density at radius 2 is 0.857 bits per heavy atom. The van der Waals surface area contributed by atoms with Crippen LogP contribution in [0.15, 0.2) is 146 Å². The molecule has 4 heterocycles. The largest absolute Gasteiger partial charge is 0.278 e. The molecule has 10 aromatic rings. The van der Waals surface area contributed by atoms with Crippen molar-refractivity contribution in [2.45, 2.75) is 0 Å². The fourth-order valence-electron chi connectivity index (χ4n) is 7.60. The molecule has 0 N–H and O–H groups in total. The summed E-state index contributed by atoms with van der Waals surface area (Å²) in [4.78, 5) is 18.4. The predicted molar refractivity (Wildman–Crippen MR) is 208 cm³/mol. The van der Waals surface area contributed by atoms with Gasteiger partial charge >= 0.3 is 0 Å². The van der Waals surface area contributed by atoms with E-state index in [-0.39, 0.29) is 0 Å². The van der Waals surface area contributed by atoms with Crippen molar-refractivity contribution in [2.24, 2.45) is 0 Å². The maximum Gasteiger partial charge on any atom is 0.238 e. The van der Waals surface area contributed by atoms with Gasteiger partial charge in [-0.25, -0.2) is 4.98 Å². The molecule has 6 heteroatoms. The van der Waals surface area contributed by atoms with E-state index >= 15 is 0 Å². The zero-order chi connectivity index (χ0) is 32.1. The molecule has 0 unspecified atom stereocenters. The van der Waals surface area contributed by atoms with Crippen molar-refractivity contribution in [3.05, 3.63) is 146 Å². The summed E-state index contributed by atoms with van der Waals surface area (Å²) in [6.07, 6.45) is 0. The number of rotatable bonds is 3. The molecule has 0 atom stereocenters. The van der Waals surface area contributed by atoms with Crippen molar-refractivity contribution in [2.75, 3.05) is 4.90 Å². The first-order valence-corrected chi connectivity index (χ1v) is 17.9. The zero-order valence-electron chi connectivity index (χ0n) is 26.0. The highest BCUT2D eigenvalue weighted by molar-refractivity contribution is 7.26. The van der Waals surface area contributed by atoms with Crippen molar-refractivity contribution < 1.29 is 0 Å². The normalized spacial score (nSPS) is 12.4. The van der Waals surface area contributed by atoms with Gasteiger partial charge in [-0.1, -0.05) is 109 Å². The number of nitrogens with zero attached hydrogens (tertiary/aromatic N) is 4. The molecule has 0 saturated carbocycles. The Morgan fingerprint density at radius 3 is 1.53 bits per heavy atom. The van der Waals surface area contributed by atoms with Crippen LogP contribution >= 0.6 is 22.7 Å². The number of anilines is 3. The summed E-state index contributed by atoms with van der Waals surface area (Å²) in [7, 11) is 0. The Balaban J connectivity index is 1.26. The lowest BCUT2D eigenvalue weighted by Crippen LogP contribution is -2.18. The van der Waals surface area contributed by atoms with E-state index < -0.39 is 0 Å². The fourth-order valence-corrected chi connectivity index (χ4v) is 9.87. The average Bonchev–Trinajstić information content (AvgIpc) is 3.74. The Kier molecular flexibility index (Phi) is 5.67. The Bertz CT molecular complexity index is 2840. The number of hydrogen-bond donors (Lipinski definition) is 0. The van der Waals surface area contributed by atoms with Gasteiger partial charge in [0.05, 0.1) is 11.4 Å².